The van der Waals surface area contributed by atoms with E-state index in [9.17, 15) is 18.0 Å². The summed E-state index contributed by atoms with van der Waals surface area (Å²) in [6, 6.07) is 12.9. The first kappa shape index (κ1) is 24.0. The molecule has 1 fully saturated rings. The largest absolute Gasteiger partial charge is 0.482 e. The number of benzene rings is 2. The van der Waals surface area contributed by atoms with Gasteiger partial charge in [-0.05, 0) is 43.5 Å². The minimum atomic E-state index is -3.81. The summed E-state index contributed by atoms with van der Waals surface area (Å²) in [5.74, 6) is -0.578. The fourth-order valence-corrected chi connectivity index (χ4v) is 5.08. The maximum atomic E-state index is 12.7. The van der Waals surface area contributed by atoms with Crippen molar-refractivity contribution in [3.63, 3.8) is 0 Å². The van der Waals surface area contributed by atoms with E-state index in [1.807, 2.05) is 30.3 Å². The Kier molecular flexibility index (Phi) is 7.76. The first-order chi connectivity index (χ1) is 15.2. The molecule has 32 heavy (non-hydrogen) atoms. The van der Waals surface area contributed by atoms with Crippen molar-refractivity contribution in [2.45, 2.75) is 30.7 Å². The van der Waals surface area contributed by atoms with Crippen LogP contribution >= 0.6 is 11.6 Å². The predicted octanol–water partition coefficient (Wildman–Crippen LogP) is 2.48. The van der Waals surface area contributed by atoms with E-state index in [0.29, 0.717) is 25.9 Å². The minimum absolute atomic E-state index is 0.00233. The number of ether oxygens (including phenoxy) is 1. The highest BCUT2D eigenvalue weighted by Gasteiger charge is 2.26. The van der Waals surface area contributed by atoms with Gasteiger partial charge in [0.25, 0.3) is 5.91 Å². The van der Waals surface area contributed by atoms with Gasteiger partial charge in [-0.3, -0.25) is 9.59 Å². The van der Waals surface area contributed by atoms with E-state index in [1.54, 1.807) is 11.8 Å². The number of nitrogens with one attached hydrogen (secondary N) is 1. The Hall–Kier alpha value is -2.62. The SMILES string of the molecule is C[C@@H](NS(=O)(=O)c1ccc(OCC(=O)N2CCC(C(N)=O)CC2)c(Cl)c1)c1ccccc1. The molecule has 0 unspecified atom stereocenters. The molecule has 1 saturated heterocycles. The van der Waals surface area contributed by atoms with Gasteiger partial charge >= 0.3 is 0 Å². The molecule has 0 spiro atoms. The van der Waals surface area contributed by atoms with E-state index in [-0.39, 0.29) is 40.0 Å². The van der Waals surface area contributed by atoms with Crippen molar-refractivity contribution in [2.75, 3.05) is 19.7 Å². The number of sulfonamides is 1. The van der Waals surface area contributed by atoms with Crippen molar-refractivity contribution in [1.82, 2.24) is 9.62 Å². The highest BCUT2D eigenvalue weighted by Crippen LogP contribution is 2.28. The standard InChI is InChI=1S/C22H26ClN3O5S/c1-15(16-5-3-2-4-6-16)25-32(29,30)18-7-8-20(19(23)13-18)31-14-21(27)26-11-9-17(10-12-26)22(24)28/h2-8,13,15,17,25H,9-12,14H2,1H3,(H2,24,28)/t15-/m1/s1. The summed E-state index contributed by atoms with van der Waals surface area (Å²) < 4.78 is 33.6. The Balaban J connectivity index is 1.59. The van der Waals surface area contributed by atoms with Crippen LogP contribution in [0.15, 0.2) is 53.4 Å². The number of piperidine rings is 1. The third kappa shape index (κ3) is 5.99. The molecule has 10 heteroatoms. The van der Waals surface area contributed by atoms with Crippen LogP contribution in [0, 0.1) is 5.92 Å². The number of nitrogens with zero attached hydrogens (tertiary/aromatic N) is 1. The summed E-state index contributed by atoms with van der Waals surface area (Å²) in [7, 11) is -3.81. The van der Waals surface area contributed by atoms with E-state index < -0.39 is 16.1 Å². The van der Waals surface area contributed by atoms with Gasteiger partial charge in [0.15, 0.2) is 6.61 Å². The van der Waals surface area contributed by atoms with Crippen LogP contribution in [0.25, 0.3) is 0 Å². The van der Waals surface area contributed by atoms with Crippen LogP contribution in [0.5, 0.6) is 5.75 Å². The molecule has 3 rings (SSSR count). The van der Waals surface area contributed by atoms with Gasteiger partial charge in [-0.2, -0.15) is 0 Å². The molecule has 1 aliphatic heterocycles. The maximum absolute atomic E-state index is 12.7. The van der Waals surface area contributed by atoms with Gasteiger partial charge in [-0.15, -0.1) is 0 Å². The Bertz CT molecular complexity index is 1070. The van der Waals surface area contributed by atoms with Gasteiger partial charge in [-0.1, -0.05) is 41.9 Å². The molecule has 2 aromatic rings. The summed E-state index contributed by atoms with van der Waals surface area (Å²) in [4.78, 5) is 25.2. The van der Waals surface area contributed by atoms with Crippen molar-refractivity contribution in [3.8, 4) is 5.75 Å². The van der Waals surface area contributed by atoms with Gasteiger partial charge in [0.1, 0.15) is 5.75 Å². The predicted molar refractivity (Wildman–Crippen MR) is 121 cm³/mol. The number of halogens is 1. The number of rotatable bonds is 8. The summed E-state index contributed by atoms with van der Waals surface area (Å²) in [6.07, 6.45) is 1.06. The number of nitrogens with two attached hydrogens (primary N) is 1. The van der Waals surface area contributed by atoms with E-state index in [2.05, 4.69) is 4.72 Å². The Morgan fingerprint density at radius 2 is 1.84 bits per heavy atom. The summed E-state index contributed by atoms with van der Waals surface area (Å²) in [5, 5.41) is 0.0838. The van der Waals surface area contributed by atoms with Gasteiger partial charge < -0.3 is 15.4 Å². The van der Waals surface area contributed by atoms with Gasteiger partial charge in [0.05, 0.1) is 9.92 Å². The van der Waals surface area contributed by atoms with E-state index in [0.717, 1.165) is 5.56 Å². The molecular formula is C22H26ClN3O5S. The van der Waals surface area contributed by atoms with E-state index >= 15 is 0 Å². The highest BCUT2D eigenvalue weighted by molar-refractivity contribution is 7.89. The third-order valence-corrected chi connectivity index (χ3v) is 7.28. The van der Waals surface area contributed by atoms with Crippen molar-refractivity contribution in [3.05, 3.63) is 59.1 Å². The molecule has 1 heterocycles. The molecular weight excluding hydrogens is 454 g/mol. The second kappa shape index (κ2) is 10.3. The van der Waals surface area contributed by atoms with Crippen LogP contribution in [0.4, 0.5) is 0 Å². The topological polar surface area (TPSA) is 119 Å². The number of amides is 2. The fraction of sp³-hybridized carbons (Fsp3) is 0.364. The molecule has 172 valence electrons. The van der Waals surface area contributed by atoms with Crippen LogP contribution in [0.3, 0.4) is 0 Å². The number of hydrogen-bond acceptors (Lipinski definition) is 5. The molecule has 8 nitrogen and oxygen atoms in total. The van der Waals surface area contributed by atoms with Crippen LogP contribution in [-0.4, -0.2) is 44.8 Å². The fourth-order valence-electron chi connectivity index (χ4n) is 3.52. The van der Waals surface area contributed by atoms with Crippen LogP contribution in [0.2, 0.25) is 5.02 Å². The highest BCUT2D eigenvalue weighted by atomic mass is 35.5. The van der Waals surface area contributed by atoms with Gasteiger partial charge in [0, 0.05) is 25.0 Å². The van der Waals surface area contributed by atoms with Crippen LogP contribution in [-0.2, 0) is 19.6 Å². The average molecular weight is 480 g/mol. The zero-order valence-corrected chi connectivity index (χ0v) is 19.2. The Morgan fingerprint density at radius 3 is 2.44 bits per heavy atom. The Labute approximate surface area is 192 Å². The molecule has 2 amide bonds. The van der Waals surface area contributed by atoms with Crippen LogP contribution in [0.1, 0.15) is 31.4 Å². The third-order valence-electron chi connectivity index (χ3n) is 5.45. The van der Waals surface area contributed by atoms with E-state index in [4.69, 9.17) is 22.1 Å². The second-order valence-corrected chi connectivity index (χ2v) is 9.81. The summed E-state index contributed by atoms with van der Waals surface area (Å²) in [6.45, 7) is 2.39. The smallest absolute Gasteiger partial charge is 0.260 e. The molecule has 0 saturated carbocycles. The number of primary amides is 1. The lowest BCUT2D eigenvalue weighted by atomic mass is 9.96. The average Bonchev–Trinajstić information content (AvgIpc) is 2.78. The number of carbonyl (C=O) groups excluding carboxylic acids is 2. The lowest BCUT2D eigenvalue weighted by Crippen LogP contribution is -2.43. The van der Waals surface area contributed by atoms with Gasteiger partial charge in [0.2, 0.25) is 15.9 Å². The lowest BCUT2D eigenvalue weighted by Gasteiger charge is -2.30. The number of likely N-dealkylation sites (tertiary alicyclic amines) is 1. The summed E-state index contributed by atoms with van der Waals surface area (Å²) >= 11 is 6.22. The first-order valence-electron chi connectivity index (χ1n) is 10.2. The molecule has 0 radical (unpaired) electrons. The number of hydrogen-bond donors (Lipinski definition) is 2. The molecule has 1 atom stereocenters. The lowest BCUT2D eigenvalue weighted by molar-refractivity contribution is -0.136. The summed E-state index contributed by atoms with van der Waals surface area (Å²) in [5.41, 5.74) is 6.14. The molecule has 3 N–H and O–H groups in total. The second-order valence-electron chi connectivity index (χ2n) is 7.69. The zero-order valence-electron chi connectivity index (χ0n) is 17.7. The van der Waals surface area contributed by atoms with Crippen molar-refractivity contribution in [2.24, 2.45) is 11.7 Å². The van der Waals surface area contributed by atoms with Crippen molar-refractivity contribution in [1.29, 1.82) is 0 Å². The van der Waals surface area contributed by atoms with Crippen molar-refractivity contribution >= 4 is 33.4 Å². The minimum Gasteiger partial charge on any atom is -0.482 e. The first-order valence-corrected chi connectivity index (χ1v) is 12.1. The normalized spacial score (nSPS) is 15.9. The monoisotopic (exact) mass is 479 g/mol. The van der Waals surface area contributed by atoms with E-state index in [1.165, 1.54) is 18.2 Å². The molecule has 2 aromatic carbocycles. The quantitative estimate of drug-likeness (QED) is 0.602. The Morgan fingerprint density at radius 1 is 1.19 bits per heavy atom. The molecule has 0 aliphatic carbocycles. The van der Waals surface area contributed by atoms with Crippen LogP contribution < -0.4 is 15.2 Å². The molecule has 1 aliphatic rings. The zero-order chi connectivity index (χ0) is 23.3. The molecule has 0 bridgehead atoms. The maximum Gasteiger partial charge on any atom is 0.260 e. The van der Waals surface area contributed by atoms with Crippen molar-refractivity contribution < 1.29 is 22.7 Å². The molecule has 0 aromatic heterocycles. The number of carbonyl (C=O) groups is 2. The van der Waals surface area contributed by atoms with Gasteiger partial charge in [-0.25, -0.2) is 13.1 Å².